The first-order chi connectivity index (χ1) is 12.7. The first-order valence-corrected chi connectivity index (χ1v) is 9.33. The van der Waals surface area contributed by atoms with Crippen LogP contribution < -0.4 is 14.8 Å². The van der Waals surface area contributed by atoms with E-state index in [1.165, 1.54) is 0 Å². The smallest absolute Gasteiger partial charge is 0.251 e. The Morgan fingerprint density at radius 1 is 1.38 bits per heavy atom. The zero-order chi connectivity index (χ0) is 18.8. The molecule has 1 aliphatic heterocycles. The third kappa shape index (κ3) is 5.75. The highest BCUT2D eigenvalue weighted by atomic mass is 16.5. The SMILES string of the molecule is C=CCOc1ccc(C(=O)NCCN2CCCCC2CO)cc1OCC. The van der Waals surface area contributed by atoms with Crippen LogP contribution in [0.2, 0.25) is 0 Å². The van der Waals surface area contributed by atoms with E-state index < -0.39 is 0 Å². The van der Waals surface area contributed by atoms with Gasteiger partial charge in [0.2, 0.25) is 0 Å². The van der Waals surface area contributed by atoms with Crippen LogP contribution in [-0.2, 0) is 0 Å². The summed E-state index contributed by atoms with van der Waals surface area (Å²) in [5.74, 6) is 1.01. The molecule has 6 heteroatoms. The molecule has 1 fully saturated rings. The van der Waals surface area contributed by atoms with Crippen molar-refractivity contribution >= 4 is 5.91 Å². The van der Waals surface area contributed by atoms with Crippen LogP contribution in [0, 0.1) is 0 Å². The van der Waals surface area contributed by atoms with Gasteiger partial charge in [-0.05, 0) is 44.5 Å². The molecule has 0 spiro atoms. The molecular weight excluding hydrogens is 332 g/mol. The van der Waals surface area contributed by atoms with Gasteiger partial charge in [-0.1, -0.05) is 19.1 Å². The maximum atomic E-state index is 12.4. The Balaban J connectivity index is 1.91. The minimum atomic E-state index is -0.140. The van der Waals surface area contributed by atoms with Crippen molar-refractivity contribution in [3.63, 3.8) is 0 Å². The number of carbonyl (C=O) groups excluding carboxylic acids is 1. The van der Waals surface area contributed by atoms with Gasteiger partial charge in [0, 0.05) is 24.7 Å². The number of carbonyl (C=O) groups is 1. The summed E-state index contributed by atoms with van der Waals surface area (Å²) in [5.41, 5.74) is 0.539. The lowest BCUT2D eigenvalue weighted by Gasteiger charge is -2.34. The third-order valence-corrected chi connectivity index (χ3v) is 4.51. The van der Waals surface area contributed by atoms with Gasteiger partial charge in [-0.15, -0.1) is 0 Å². The van der Waals surface area contributed by atoms with Gasteiger partial charge in [0.15, 0.2) is 11.5 Å². The maximum Gasteiger partial charge on any atom is 0.251 e. The van der Waals surface area contributed by atoms with Gasteiger partial charge in [-0.25, -0.2) is 0 Å². The van der Waals surface area contributed by atoms with E-state index in [2.05, 4.69) is 16.8 Å². The van der Waals surface area contributed by atoms with Gasteiger partial charge in [-0.3, -0.25) is 9.69 Å². The predicted molar refractivity (Wildman–Crippen MR) is 102 cm³/mol. The number of ether oxygens (including phenoxy) is 2. The molecule has 0 radical (unpaired) electrons. The molecule has 0 saturated carbocycles. The molecule has 1 heterocycles. The average Bonchev–Trinajstić information content (AvgIpc) is 2.67. The maximum absolute atomic E-state index is 12.4. The van der Waals surface area contributed by atoms with Crippen LogP contribution in [-0.4, -0.2) is 61.4 Å². The van der Waals surface area contributed by atoms with Crippen LogP contribution in [0.3, 0.4) is 0 Å². The molecule has 1 aromatic carbocycles. The second kappa shape index (κ2) is 10.8. The number of nitrogens with zero attached hydrogens (tertiary/aromatic N) is 1. The fraction of sp³-hybridized carbons (Fsp3) is 0.550. The van der Waals surface area contributed by atoms with Crippen molar-refractivity contribution in [3.05, 3.63) is 36.4 Å². The van der Waals surface area contributed by atoms with E-state index in [0.717, 1.165) is 32.4 Å². The van der Waals surface area contributed by atoms with Gasteiger partial charge >= 0.3 is 0 Å². The Bertz CT molecular complexity index is 591. The lowest BCUT2D eigenvalue weighted by atomic mass is 10.0. The summed E-state index contributed by atoms with van der Waals surface area (Å²) >= 11 is 0. The van der Waals surface area contributed by atoms with Crippen LogP contribution in [0.15, 0.2) is 30.9 Å². The number of amides is 1. The van der Waals surface area contributed by atoms with E-state index in [1.54, 1.807) is 24.3 Å². The van der Waals surface area contributed by atoms with Crippen molar-refractivity contribution in [3.8, 4) is 11.5 Å². The molecule has 1 saturated heterocycles. The van der Waals surface area contributed by atoms with Crippen molar-refractivity contribution < 1.29 is 19.4 Å². The van der Waals surface area contributed by atoms with E-state index in [9.17, 15) is 9.90 Å². The van der Waals surface area contributed by atoms with Crippen LogP contribution >= 0.6 is 0 Å². The Hall–Kier alpha value is -2.05. The molecule has 1 aliphatic rings. The summed E-state index contributed by atoms with van der Waals surface area (Å²) in [5, 5.41) is 12.4. The lowest BCUT2D eigenvalue weighted by Crippen LogP contribution is -2.45. The number of rotatable bonds is 10. The van der Waals surface area contributed by atoms with Gasteiger partial charge < -0.3 is 19.9 Å². The molecule has 1 atom stereocenters. The van der Waals surface area contributed by atoms with Crippen molar-refractivity contribution in [2.75, 3.05) is 39.5 Å². The van der Waals surface area contributed by atoms with E-state index >= 15 is 0 Å². The molecule has 2 N–H and O–H groups in total. The number of aliphatic hydroxyl groups is 1. The van der Waals surface area contributed by atoms with Crippen LogP contribution in [0.25, 0.3) is 0 Å². The van der Waals surface area contributed by atoms with Gasteiger partial charge in [0.1, 0.15) is 6.61 Å². The second-order valence-electron chi connectivity index (χ2n) is 6.32. The Kier molecular flexibility index (Phi) is 8.44. The first kappa shape index (κ1) is 20.3. The number of aliphatic hydroxyl groups excluding tert-OH is 1. The molecule has 26 heavy (non-hydrogen) atoms. The minimum Gasteiger partial charge on any atom is -0.490 e. The zero-order valence-electron chi connectivity index (χ0n) is 15.6. The molecule has 0 bridgehead atoms. The fourth-order valence-corrected chi connectivity index (χ4v) is 3.16. The lowest BCUT2D eigenvalue weighted by molar-refractivity contribution is 0.0849. The monoisotopic (exact) mass is 362 g/mol. The van der Waals surface area contributed by atoms with Gasteiger partial charge in [0.25, 0.3) is 5.91 Å². The number of hydrogen-bond acceptors (Lipinski definition) is 5. The van der Waals surface area contributed by atoms with Crippen molar-refractivity contribution in [1.29, 1.82) is 0 Å². The Morgan fingerprint density at radius 3 is 2.96 bits per heavy atom. The quantitative estimate of drug-likeness (QED) is 0.625. The van der Waals surface area contributed by atoms with E-state index in [-0.39, 0.29) is 18.6 Å². The Morgan fingerprint density at radius 2 is 2.23 bits per heavy atom. The largest absolute Gasteiger partial charge is 0.490 e. The topological polar surface area (TPSA) is 71.0 Å². The number of likely N-dealkylation sites (tertiary alicyclic amines) is 1. The molecule has 0 aromatic heterocycles. The molecule has 1 amide bonds. The summed E-state index contributed by atoms with van der Waals surface area (Å²) < 4.78 is 11.1. The number of hydrogen-bond donors (Lipinski definition) is 2. The van der Waals surface area contributed by atoms with Crippen molar-refractivity contribution in [2.45, 2.75) is 32.2 Å². The molecular formula is C20H30N2O4. The van der Waals surface area contributed by atoms with E-state index in [4.69, 9.17) is 9.47 Å². The van der Waals surface area contributed by atoms with Crippen molar-refractivity contribution in [1.82, 2.24) is 10.2 Å². The number of piperidine rings is 1. The highest BCUT2D eigenvalue weighted by Crippen LogP contribution is 2.28. The molecule has 144 valence electrons. The summed E-state index contributed by atoms with van der Waals surface area (Å²) in [6, 6.07) is 5.39. The van der Waals surface area contributed by atoms with Crippen LogP contribution in [0.5, 0.6) is 11.5 Å². The summed E-state index contributed by atoms with van der Waals surface area (Å²) in [7, 11) is 0. The minimum absolute atomic E-state index is 0.140. The zero-order valence-corrected chi connectivity index (χ0v) is 15.6. The number of benzene rings is 1. The molecule has 1 unspecified atom stereocenters. The van der Waals surface area contributed by atoms with Gasteiger partial charge in [0.05, 0.1) is 13.2 Å². The Labute approximate surface area is 155 Å². The van der Waals surface area contributed by atoms with E-state index in [0.29, 0.717) is 36.8 Å². The van der Waals surface area contributed by atoms with Gasteiger partial charge in [-0.2, -0.15) is 0 Å². The molecule has 6 nitrogen and oxygen atoms in total. The third-order valence-electron chi connectivity index (χ3n) is 4.51. The first-order valence-electron chi connectivity index (χ1n) is 9.33. The summed E-state index contributed by atoms with van der Waals surface area (Å²) in [4.78, 5) is 14.7. The van der Waals surface area contributed by atoms with E-state index in [1.807, 2.05) is 6.92 Å². The molecule has 2 rings (SSSR count). The summed E-state index contributed by atoms with van der Waals surface area (Å²) in [6.45, 7) is 8.85. The normalized spacial score (nSPS) is 17.5. The standard InChI is InChI=1S/C20H30N2O4/c1-3-13-26-18-9-8-16(14-19(18)25-4-2)20(24)21-10-12-22-11-6-5-7-17(22)15-23/h3,8-9,14,17,23H,1,4-7,10-13,15H2,2H3,(H,21,24). The fourth-order valence-electron chi connectivity index (χ4n) is 3.16. The highest BCUT2D eigenvalue weighted by molar-refractivity contribution is 5.94. The molecule has 0 aliphatic carbocycles. The van der Waals surface area contributed by atoms with Crippen LogP contribution in [0.4, 0.5) is 0 Å². The van der Waals surface area contributed by atoms with Crippen molar-refractivity contribution in [2.24, 2.45) is 0 Å². The highest BCUT2D eigenvalue weighted by Gasteiger charge is 2.21. The second-order valence-corrected chi connectivity index (χ2v) is 6.32. The van der Waals surface area contributed by atoms with Crippen LogP contribution in [0.1, 0.15) is 36.5 Å². The average molecular weight is 362 g/mol. The number of nitrogens with one attached hydrogen (secondary N) is 1. The predicted octanol–water partition coefficient (Wildman–Crippen LogP) is 2.23. The summed E-state index contributed by atoms with van der Waals surface area (Å²) in [6.07, 6.45) is 4.99. The molecule has 1 aromatic rings.